The van der Waals surface area contributed by atoms with Gasteiger partial charge in [-0.1, -0.05) is 6.92 Å². The van der Waals surface area contributed by atoms with Gasteiger partial charge < -0.3 is 15.1 Å². The van der Waals surface area contributed by atoms with Crippen LogP contribution in [0, 0.1) is 12.7 Å². The van der Waals surface area contributed by atoms with Crippen LogP contribution in [0.25, 0.3) is 0 Å². The van der Waals surface area contributed by atoms with E-state index >= 15 is 0 Å². The smallest absolute Gasteiger partial charge is 0.270 e. The van der Waals surface area contributed by atoms with Crippen LogP contribution in [0.4, 0.5) is 16.0 Å². The van der Waals surface area contributed by atoms with Crippen LogP contribution >= 0.6 is 0 Å². The minimum atomic E-state index is -0.227. The van der Waals surface area contributed by atoms with Gasteiger partial charge in [-0.2, -0.15) is 0 Å². The maximum absolute atomic E-state index is 13.1. The molecule has 1 aromatic carbocycles. The number of piperazine rings is 1. The number of hydrogen-bond acceptors (Lipinski definition) is 5. The number of nitrogens with one attached hydrogen (secondary N) is 1. The predicted octanol–water partition coefficient (Wildman–Crippen LogP) is 2.39. The monoisotopic (exact) mass is 357 g/mol. The lowest BCUT2D eigenvalue weighted by molar-refractivity contribution is 0.0948. The highest BCUT2D eigenvalue weighted by Crippen LogP contribution is 2.19. The molecule has 1 saturated heterocycles. The molecule has 0 atom stereocenters. The van der Waals surface area contributed by atoms with Crippen molar-refractivity contribution in [2.24, 2.45) is 0 Å². The Labute approximate surface area is 153 Å². The number of halogens is 1. The van der Waals surface area contributed by atoms with Gasteiger partial charge >= 0.3 is 0 Å². The fraction of sp³-hybridized carbons (Fsp3) is 0.421. The Hall–Kier alpha value is -2.70. The first kappa shape index (κ1) is 18.1. The number of carbonyl (C=O) groups excluding carboxylic acids is 1. The number of carbonyl (C=O) groups is 1. The standard InChI is InChI=1S/C19H24FN5O/c1-3-8-21-18(26)17-13-14(2)22-19(23-17)25-11-9-24(10-12-25)16-6-4-15(20)5-7-16/h4-7,13H,3,8-12H2,1-2H3,(H,21,26). The van der Waals surface area contributed by atoms with Crippen molar-refractivity contribution in [2.45, 2.75) is 20.3 Å². The summed E-state index contributed by atoms with van der Waals surface area (Å²) in [6.45, 7) is 7.59. The van der Waals surface area contributed by atoms with Crippen molar-refractivity contribution < 1.29 is 9.18 Å². The summed E-state index contributed by atoms with van der Waals surface area (Å²) in [6.07, 6.45) is 0.883. The second-order valence-corrected chi connectivity index (χ2v) is 6.40. The minimum Gasteiger partial charge on any atom is -0.368 e. The maximum atomic E-state index is 13.1. The molecule has 0 saturated carbocycles. The molecule has 6 nitrogen and oxygen atoms in total. The summed E-state index contributed by atoms with van der Waals surface area (Å²) in [5.74, 6) is 0.198. The molecule has 0 unspecified atom stereocenters. The molecule has 2 heterocycles. The molecule has 1 amide bonds. The summed E-state index contributed by atoms with van der Waals surface area (Å²) in [6, 6.07) is 8.26. The molecule has 7 heteroatoms. The Morgan fingerprint density at radius 2 is 1.77 bits per heavy atom. The molecule has 1 fully saturated rings. The summed E-state index contributed by atoms with van der Waals surface area (Å²) >= 11 is 0. The van der Waals surface area contributed by atoms with Crippen molar-refractivity contribution in [1.29, 1.82) is 0 Å². The molecule has 0 aliphatic carbocycles. The Bertz CT molecular complexity index is 757. The first-order chi connectivity index (χ1) is 12.6. The van der Waals surface area contributed by atoms with Crippen LogP contribution in [0.15, 0.2) is 30.3 Å². The van der Waals surface area contributed by atoms with E-state index in [1.807, 2.05) is 13.8 Å². The molecule has 138 valence electrons. The van der Waals surface area contributed by atoms with Gasteiger partial charge in [0.25, 0.3) is 5.91 Å². The second kappa shape index (κ2) is 8.12. The third-order valence-corrected chi connectivity index (χ3v) is 4.36. The van der Waals surface area contributed by atoms with Gasteiger partial charge in [-0.05, 0) is 43.7 Å². The topological polar surface area (TPSA) is 61.4 Å². The minimum absolute atomic E-state index is 0.163. The van der Waals surface area contributed by atoms with Crippen LogP contribution in [-0.2, 0) is 0 Å². The molecular formula is C19H24FN5O. The van der Waals surface area contributed by atoms with Crippen LogP contribution in [0.5, 0.6) is 0 Å². The molecule has 0 radical (unpaired) electrons. The van der Waals surface area contributed by atoms with Gasteiger partial charge in [0.1, 0.15) is 11.5 Å². The zero-order valence-electron chi connectivity index (χ0n) is 15.2. The van der Waals surface area contributed by atoms with Gasteiger partial charge in [0, 0.05) is 44.1 Å². The van der Waals surface area contributed by atoms with Gasteiger partial charge in [0.05, 0.1) is 0 Å². The summed E-state index contributed by atoms with van der Waals surface area (Å²) in [5.41, 5.74) is 2.19. The van der Waals surface area contributed by atoms with Crippen LogP contribution in [0.2, 0.25) is 0 Å². The quantitative estimate of drug-likeness (QED) is 0.890. The van der Waals surface area contributed by atoms with E-state index < -0.39 is 0 Å². The third kappa shape index (κ3) is 4.28. The summed E-state index contributed by atoms with van der Waals surface area (Å²) in [5, 5.41) is 2.85. The SMILES string of the molecule is CCCNC(=O)c1cc(C)nc(N2CCN(c3ccc(F)cc3)CC2)n1. The lowest BCUT2D eigenvalue weighted by atomic mass is 10.2. The number of rotatable bonds is 5. The van der Waals surface area contributed by atoms with Crippen molar-refractivity contribution in [3.8, 4) is 0 Å². The highest BCUT2D eigenvalue weighted by atomic mass is 19.1. The number of hydrogen-bond donors (Lipinski definition) is 1. The second-order valence-electron chi connectivity index (χ2n) is 6.40. The van der Waals surface area contributed by atoms with E-state index in [2.05, 4.69) is 25.1 Å². The molecule has 1 aliphatic heterocycles. The zero-order chi connectivity index (χ0) is 18.5. The number of aryl methyl sites for hydroxylation is 1. The molecule has 1 N–H and O–H groups in total. The summed E-state index contributed by atoms with van der Waals surface area (Å²) in [7, 11) is 0. The number of anilines is 2. The van der Waals surface area contributed by atoms with Crippen molar-refractivity contribution in [3.05, 3.63) is 47.5 Å². The average Bonchev–Trinajstić information content (AvgIpc) is 2.66. The molecule has 1 aromatic heterocycles. The molecular weight excluding hydrogens is 333 g/mol. The van der Waals surface area contributed by atoms with Gasteiger partial charge in [-0.15, -0.1) is 0 Å². The first-order valence-electron chi connectivity index (χ1n) is 8.96. The van der Waals surface area contributed by atoms with Crippen molar-refractivity contribution in [2.75, 3.05) is 42.5 Å². The van der Waals surface area contributed by atoms with E-state index in [0.717, 1.165) is 44.0 Å². The Kier molecular flexibility index (Phi) is 5.65. The number of benzene rings is 1. The van der Waals surface area contributed by atoms with Crippen LogP contribution in [-0.4, -0.2) is 48.6 Å². The normalized spacial score (nSPS) is 14.4. The van der Waals surface area contributed by atoms with Gasteiger partial charge in [-0.25, -0.2) is 14.4 Å². The lowest BCUT2D eigenvalue weighted by Gasteiger charge is -2.36. The number of nitrogens with zero attached hydrogens (tertiary/aromatic N) is 4. The molecule has 3 rings (SSSR count). The molecule has 26 heavy (non-hydrogen) atoms. The Balaban J connectivity index is 1.68. The fourth-order valence-electron chi connectivity index (χ4n) is 2.96. The summed E-state index contributed by atoms with van der Waals surface area (Å²) in [4.78, 5) is 25.4. The van der Waals surface area contributed by atoms with E-state index in [1.54, 1.807) is 18.2 Å². The molecule has 0 bridgehead atoms. The third-order valence-electron chi connectivity index (χ3n) is 4.36. The Morgan fingerprint density at radius 3 is 2.42 bits per heavy atom. The lowest BCUT2D eigenvalue weighted by Crippen LogP contribution is -2.47. The number of aromatic nitrogens is 2. The van der Waals surface area contributed by atoms with Gasteiger partial charge in [-0.3, -0.25) is 4.79 Å². The van der Waals surface area contributed by atoms with Crippen LogP contribution < -0.4 is 15.1 Å². The van der Waals surface area contributed by atoms with E-state index in [4.69, 9.17) is 0 Å². The van der Waals surface area contributed by atoms with Gasteiger partial charge in [0.2, 0.25) is 5.95 Å². The maximum Gasteiger partial charge on any atom is 0.270 e. The van der Waals surface area contributed by atoms with Crippen molar-refractivity contribution in [1.82, 2.24) is 15.3 Å². The van der Waals surface area contributed by atoms with Crippen molar-refractivity contribution >= 4 is 17.5 Å². The largest absolute Gasteiger partial charge is 0.368 e. The van der Waals surface area contributed by atoms with Gasteiger partial charge in [0.15, 0.2) is 0 Å². The van der Waals surface area contributed by atoms with E-state index in [-0.39, 0.29) is 11.7 Å². The zero-order valence-corrected chi connectivity index (χ0v) is 15.2. The predicted molar refractivity (Wildman–Crippen MR) is 100 cm³/mol. The first-order valence-corrected chi connectivity index (χ1v) is 8.96. The average molecular weight is 357 g/mol. The molecule has 2 aromatic rings. The highest BCUT2D eigenvalue weighted by Gasteiger charge is 2.21. The summed E-state index contributed by atoms with van der Waals surface area (Å²) < 4.78 is 13.1. The van der Waals surface area contributed by atoms with E-state index in [1.165, 1.54) is 12.1 Å². The van der Waals surface area contributed by atoms with Crippen LogP contribution in [0.1, 0.15) is 29.5 Å². The highest BCUT2D eigenvalue weighted by molar-refractivity contribution is 5.92. The molecule has 1 aliphatic rings. The Morgan fingerprint density at radius 1 is 1.12 bits per heavy atom. The fourth-order valence-corrected chi connectivity index (χ4v) is 2.96. The molecule has 0 spiro atoms. The van der Waals surface area contributed by atoms with E-state index in [0.29, 0.717) is 18.2 Å². The number of amides is 1. The van der Waals surface area contributed by atoms with Crippen LogP contribution in [0.3, 0.4) is 0 Å². The van der Waals surface area contributed by atoms with Crippen molar-refractivity contribution in [3.63, 3.8) is 0 Å². The van der Waals surface area contributed by atoms with E-state index in [9.17, 15) is 9.18 Å².